The molecule has 2 rings (SSSR count). The van der Waals surface area contributed by atoms with Crippen LogP contribution in [0.1, 0.15) is 24.0 Å². The van der Waals surface area contributed by atoms with Crippen LogP contribution in [-0.4, -0.2) is 26.0 Å². The van der Waals surface area contributed by atoms with Gasteiger partial charge in [0.15, 0.2) is 0 Å². The molecule has 0 aliphatic carbocycles. The van der Waals surface area contributed by atoms with Gasteiger partial charge in [-0.1, -0.05) is 18.2 Å². The van der Waals surface area contributed by atoms with Gasteiger partial charge in [-0.05, 0) is 30.9 Å². The normalized spacial score (nSPS) is 16.5. The first-order valence-electron chi connectivity index (χ1n) is 6.92. The van der Waals surface area contributed by atoms with Crippen molar-refractivity contribution in [2.24, 2.45) is 11.7 Å². The standard InChI is InChI=1S/C15H23N3O/c1-11-4-3-5-13(10-16)14(11)18-8-6-12(7-9-18)15(19)17-2/h3-5,12H,6-10,16H2,1-2H3,(H,17,19). The molecule has 0 aromatic heterocycles. The van der Waals surface area contributed by atoms with Crippen molar-refractivity contribution in [2.45, 2.75) is 26.3 Å². The van der Waals surface area contributed by atoms with Gasteiger partial charge in [0, 0.05) is 38.3 Å². The number of para-hydroxylation sites is 1. The van der Waals surface area contributed by atoms with Crippen LogP contribution >= 0.6 is 0 Å². The second-order valence-electron chi connectivity index (χ2n) is 5.16. The number of piperidine rings is 1. The summed E-state index contributed by atoms with van der Waals surface area (Å²) in [5.74, 6) is 0.329. The van der Waals surface area contributed by atoms with E-state index in [1.165, 1.54) is 16.8 Å². The Bertz CT molecular complexity index is 451. The van der Waals surface area contributed by atoms with Crippen molar-refractivity contribution in [3.63, 3.8) is 0 Å². The number of benzene rings is 1. The van der Waals surface area contributed by atoms with Crippen LogP contribution in [-0.2, 0) is 11.3 Å². The first-order valence-corrected chi connectivity index (χ1v) is 6.92. The summed E-state index contributed by atoms with van der Waals surface area (Å²) in [6, 6.07) is 6.27. The van der Waals surface area contributed by atoms with Gasteiger partial charge in [-0.25, -0.2) is 0 Å². The molecule has 4 heteroatoms. The van der Waals surface area contributed by atoms with Crippen LogP contribution in [0, 0.1) is 12.8 Å². The minimum absolute atomic E-state index is 0.159. The first kappa shape index (κ1) is 13.9. The molecule has 19 heavy (non-hydrogen) atoms. The van der Waals surface area contributed by atoms with E-state index in [1.807, 2.05) is 0 Å². The molecule has 0 saturated carbocycles. The largest absolute Gasteiger partial charge is 0.371 e. The zero-order valence-corrected chi connectivity index (χ0v) is 11.8. The number of hydrogen-bond donors (Lipinski definition) is 2. The topological polar surface area (TPSA) is 58.4 Å². The molecule has 0 bridgehead atoms. The van der Waals surface area contributed by atoms with Crippen LogP contribution in [0.4, 0.5) is 5.69 Å². The highest BCUT2D eigenvalue weighted by Gasteiger charge is 2.25. The molecule has 1 aliphatic rings. The molecule has 0 atom stereocenters. The Labute approximate surface area is 115 Å². The Morgan fingerprint density at radius 3 is 2.68 bits per heavy atom. The van der Waals surface area contributed by atoms with Gasteiger partial charge in [-0.2, -0.15) is 0 Å². The van der Waals surface area contributed by atoms with E-state index in [1.54, 1.807) is 7.05 Å². The molecule has 104 valence electrons. The lowest BCUT2D eigenvalue weighted by molar-refractivity contribution is -0.125. The summed E-state index contributed by atoms with van der Waals surface area (Å²) in [5.41, 5.74) is 9.55. The summed E-state index contributed by atoms with van der Waals surface area (Å²) in [4.78, 5) is 14.0. The van der Waals surface area contributed by atoms with Gasteiger partial charge in [0.2, 0.25) is 5.91 Å². The maximum atomic E-state index is 11.7. The number of carbonyl (C=O) groups is 1. The lowest BCUT2D eigenvalue weighted by Gasteiger charge is -2.35. The smallest absolute Gasteiger partial charge is 0.222 e. The lowest BCUT2D eigenvalue weighted by Crippen LogP contribution is -2.40. The van der Waals surface area contributed by atoms with Crippen molar-refractivity contribution < 1.29 is 4.79 Å². The summed E-state index contributed by atoms with van der Waals surface area (Å²) < 4.78 is 0. The zero-order valence-electron chi connectivity index (χ0n) is 11.8. The molecule has 3 N–H and O–H groups in total. The van der Waals surface area contributed by atoms with E-state index < -0.39 is 0 Å². The van der Waals surface area contributed by atoms with Gasteiger partial charge in [-0.3, -0.25) is 4.79 Å². The van der Waals surface area contributed by atoms with Crippen LogP contribution in [0.3, 0.4) is 0 Å². The quantitative estimate of drug-likeness (QED) is 0.865. The molecule has 1 aliphatic heterocycles. The summed E-state index contributed by atoms with van der Waals surface area (Å²) in [7, 11) is 1.71. The number of nitrogens with one attached hydrogen (secondary N) is 1. The lowest BCUT2D eigenvalue weighted by atomic mass is 9.94. The van der Waals surface area contributed by atoms with E-state index in [9.17, 15) is 4.79 Å². The predicted molar refractivity (Wildman–Crippen MR) is 78.1 cm³/mol. The molecule has 0 unspecified atom stereocenters. The first-order chi connectivity index (χ1) is 9.17. The molecule has 1 aromatic carbocycles. The van der Waals surface area contributed by atoms with E-state index in [0.29, 0.717) is 6.54 Å². The summed E-state index contributed by atoms with van der Waals surface area (Å²) in [6.07, 6.45) is 1.83. The van der Waals surface area contributed by atoms with Gasteiger partial charge in [0.1, 0.15) is 0 Å². The van der Waals surface area contributed by atoms with Crippen molar-refractivity contribution in [3.8, 4) is 0 Å². The van der Waals surface area contributed by atoms with Gasteiger partial charge in [0.05, 0.1) is 0 Å². The Hall–Kier alpha value is -1.55. The summed E-state index contributed by atoms with van der Waals surface area (Å²) >= 11 is 0. The third-order valence-electron chi connectivity index (χ3n) is 3.97. The monoisotopic (exact) mass is 261 g/mol. The third kappa shape index (κ3) is 2.89. The average molecular weight is 261 g/mol. The fourth-order valence-electron chi connectivity index (χ4n) is 2.91. The van der Waals surface area contributed by atoms with Crippen LogP contribution in [0.2, 0.25) is 0 Å². The van der Waals surface area contributed by atoms with E-state index in [4.69, 9.17) is 5.73 Å². The highest BCUT2D eigenvalue weighted by molar-refractivity contribution is 5.78. The Balaban J connectivity index is 2.12. The molecular formula is C15H23N3O. The highest BCUT2D eigenvalue weighted by atomic mass is 16.1. The number of carbonyl (C=O) groups excluding carboxylic acids is 1. The van der Waals surface area contributed by atoms with E-state index in [2.05, 4.69) is 35.3 Å². The SMILES string of the molecule is CNC(=O)C1CCN(c2c(C)cccc2CN)CC1. The number of hydrogen-bond acceptors (Lipinski definition) is 3. The third-order valence-corrected chi connectivity index (χ3v) is 3.97. The summed E-state index contributed by atoms with van der Waals surface area (Å²) in [6.45, 7) is 4.54. The van der Waals surface area contributed by atoms with Gasteiger partial charge >= 0.3 is 0 Å². The van der Waals surface area contributed by atoms with E-state index in [-0.39, 0.29) is 11.8 Å². The zero-order chi connectivity index (χ0) is 13.8. The minimum Gasteiger partial charge on any atom is -0.371 e. The van der Waals surface area contributed by atoms with Crippen molar-refractivity contribution in [1.29, 1.82) is 0 Å². The Kier molecular flexibility index (Phi) is 4.43. The number of aryl methyl sites for hydroxylation is 1. The van der Waals surface area contributed by atoms with Crippen LogP contribution in [0.25, 0.3) is 0 Å². The molecule has 4 nitrogen and oxygen atoms in total. The van der Waals surface area contributed by atoms with Crippen LogP contribution < -0.4 is 16.0 Å². The van der Waals surface area contributed by atoms with Gasteiger partial charge in [0.25, 0.3) is 0 Å². The summed E-state index contributed by atoms with van der Waals surface area (Å²) in [5, 5.41) is 2.75. The molecular weight excluding hydrogens is 238 g/mol. The molecule has 1 aromatic rings. The van der Waals surface area contributed by atoms with Gasteiger partial charge < -0.3 is 16.0 Å². The molecule has 1 saturated heterocycles. The number of amides is 1. The van der Waals surface area contributed by atoms with Gasteiger partial charge in [-0.15, -0.1) is 0 Å². The predicted octanol–water partition coefficient (Wildman–Crippen LogP) is 1.42. The average Bonchev–Trinajstić information content (AvgIpc) is 2.46. The highest BCUT2D eigenvalue weighted by Crippen LogP contribution is 2.29. The molecule has 1 heterocycles. The van der Waals surface area contributed by atoms with Crippen LogP contribution in [0.15, 0.2) is 18.2 Å². The van der Waals surface area contributed by atoms with E-state index >= 15 is 0 Å². The van der Waals surface area contributed by atoms with Crippen molar-refractivity contribution in [3.05, 3.63) is 29.3 Å². The second-order valence-corrected chi connectivity index (χ2v) is 5.16. The van der Waals surface area contributed by atoms with Crippen molar-refractivity contribution in [2.75, 3.05) is 25.0 Å². The minimum atomic E-state index is 0.159. The van der Waals surface area contributed by atoms with E-state index in [0.717, 1.165) is 25.9 Å². The molecule has 1 amide bonds. The van der Waals surface area contributed by atoms with Crippen LogP contribution in [0.5, 0.6) is 0 Å². The molecule has 0 spiro atoms. The number of nitrogens with two attached hydrogens (primary N) is 1. The Morgan fingerprint density at radius 2 is 2.11 bits per heavy atom. The fraction of sp³-hybridized carbons (Fsp3) is 0.533. The Morgan fingerprint density at radius 1 is 1.42 bits per heavy atom. The number of rotatable bonds is 3. The number of anilines is 1. The van der Waals surface area contributed by atoms with Crippen molar-refractivity contribution >= 4 is 11.6 Å². The fourth-order valence-corrected chi connectivity index (χ4v) is 2.91. The maximum absolute atomic E-state index is 11.7. The number of nitrogens with zero attached hydrogens (tertiary/aromatic N) is 1. The second kappa shape index (κ2) is 6.06. The van der Waals surface area contributed by atoms with Crippen molar-refractivity contribution in [1.82, 2.24) is 5.32 Å². The molecule has 1 fully saturated rings. The maximum Gasteiger partial charge on any atom is 0.222 e. The molecule has 0 radical (unpaired) electrons.